The Morgan fingerprint density at radius 2 is 1.65 bits per heavy atom. The predicted molar refractivity (Wildman–Crippen MR) is 79.5 cm³/mol. The molecule has 0 radical (unpaired) electrons. The van der Waals surface area contributed by atoms with E-state index in [1.807, 2.05) is 42.3 Å². The molecule has 5 nitrogen and oxygen atoms in total. The van der Waals surface area contributed by atoms with Crippen molar-refractivity contribution in [2.75, 3.05) is 18.5 Å². The van der Waals surface area contributed by atoms with Gasteiger partial charge in [0.2, 0.25) is 0 Å². The monoisotopic (exact) mass is 299 g/mol. The number of carboxylic acids is 2. The van der Waals surface area contributed by atoms with Crippen molar-refractivity contribution in [1.29, 1.82) is 0 Å². The van der Waals surface area contributed by atoms with Crippen molar-refractivity contribution < 1.29 is 19.8 Å². The van der Waals surface area contributed by atoms with E-state index >= 15 is 0 Å². The molecule has 0 amide bonds. The van der Waals surface area contributed by atoms with Gasteiger partial charge in [-0.15, -0.1) is 12.4 Å². The summed E-state index contributed by atoms with van der Waals surface area (Å²) in [4.78, 5) is 23.8. The van der Waals surface area contributed by atoms with Crippen LogP contribution in [-0.2, 0) is 9.59 Å². The maximum absolute atomic E-state index is 11.1. The van der Waals surface area contributed by atoms with Crippen molar-refractivity contribution in [3.05, 3.63) is 41.5 Å². The van der Waals surface area contributed by atoms with Crippen molar-refractivity contribution in [3.63, 3.8) is 0 Å². The van der Waals surface area contributed by atoms with Gasteiger partial charge in [0.25, 0.3) is 0 Å². The molecule has 0 unspecified atom stereocenters. The summed E-state index contributed by atoms with van der Waals surface area (Å²) in [5.41, 5.74) is 0.782. The quantitative estimate of drug-likeness (QED) is 0.789. The van der Waals surface area contributed by atoms with E-state index in [-0.39, 0.29) is 30.0 Å². The molecular weight excluding hydrogens is 282 g/mol. The number of halogens is 1. The number of nitrogens with zero attached hydrogens (tertiary/aromatic N) is 1. The Morgan fingerprint density at radius 1 is 1.10 bits per heavy atom. The summed E-state index contributed by atoms with van der Waals surface area (Å²) in [6.07, 6.45) is 0.179. The first-order chi connectivity index (χ1) is 8.93. The fourth-order valence-electron chi connectivity index (χ4n) is 1.67. The smallest absolute Gasteiger partial charge is 0.332 e. The Kier molecular flexibility index (Phi) is 7.39. The Labute approximate surface area is 123 Å². The zero-order valence-electron chi connectivity index (χ0n) is 11.4. The van der Waals surface area contributed by atoms with Crippen LogP contribution in [0.4, 0.5) is 5.69 Å². The average molecular weight is 300 g/mol. The molecule has 0 fully saturated rings. The fourth-order valence-corrected chi connectivity index (χ4v) is 1.67. The number of carboxylic acid groups (broad SMARTS) is 2. The van der Waals surface area contributed by atoms with Crippen LogP contribution in [0.15, 0.2) is 41.5 Å². The van der Waals surface area contributed by atoms with Crippen LogP contribution in [-0.4, -0.2) is 35.7 Å². The largest absolute Gasteiger partial charge is 0.478 e. The molecule has 1 aromatic carbocycles. The van der Waals surface area contributed by atoms with Gasteiger partial charge >= 0.3 is 11.9 Å². The van der Waals surface area contributed by atoms with Crippen LogP contribution in [0.1, 0.15) is 13.3 Å². The van der Waals surface area contributed by atoms with Crippen LogP contribution in [0.2, 0.25) is 0 Å². The van der Waals surface area contributed by atoms with Gasteiger partial charge in [-0.1, -0.05) is 18.2 Å². The third kappa shape index (κ3) is 4.93. The molecule has 0 atom stereocenters. The number of rotatable bonds is 6. The summed E-state index contributed by atoms with van der Waals surface area (Å²) in [6, 6.07) is 9.50. The highest BCUT2D eigenvalue weighted by molar-refractivity contribution is 5.98. The minimum atomic E-state index is -1.19. The van der Waals surface area contributed by atoms with Gasteiger partial charge in [-0.3, -0.25) is 0 Å². The van der Waals surface area contributed by atoms with Gasteiger partial charge in [0, 0.05) is 30.4 Å². The number of hydrogen-bond donors (Lipinski definition) is 2. The fraction of sp³-hybridized carbons (Fsp3) is 0.286. The van der Waals surface area contributed by atoms with Gasteiger partial charge < -0.3 is 15.1 Å². The standard InChI is InChI=1S/C14H17NO4.ClH/c1-10(13(16)17)12(14(18)19)8-9-15(2)11-6-4-3-5-7-11;/h3-7H,8-9H2,1-2H3,(H,16,17)(H,18,19);1H/b12-10+;. The van der Waals surface area contributed by atoms with Crippen LogP contribution in [0.5, 0.6) is 0 Å². The van der Waals surface area contributed by atoms with Gasteiger partial charge in [-0.2, -0.15) is 0 Å². The minimum absolute atomic E-state index is 0. The summed E-state index contributed by atoms with van der Waals surface area (Å²) < 4.78 is 0. The van der Waals surface area contributed by atoms with Gasteiger partial charge in [0.15, 0.2) is 0 Å². The van der Waals surface area contributed by atoms with Crippen molar-refractivity contribution in [2.24, 2.45) is 0 Å². The second-order valence-corrected chi connectivity index (χ2v) is 4.22. The molecule has 6 heteroatoms. The first kappa shape index (κ1) is 18.0. The van der Waals surface area contributed by atoms with Crippen LogP contribution in [0.3, 0.4) is 0 Å². The van der Waals surface area contributed by atoms with Gasteiger partial charge in [0.05, 0.1) is 0 Å². The summed E-state index contributed by atoms with van der Waals surface area (Å²) in [5.74, 6) is -2.37. The highest BCUT2D eigenvalue weighted by Crippen LogP contribution is 2.15. The molecule has 1 rings (SSSR count). The summed E-state index contributed by atoms with van der Waals surface area (Å²) in [6.45, 7) is 1.75. The zero-order chi connectivity index (χ0) is 14.4. The highest BCUT2D eigenvalue weighted by atomic mass is 35.5. The van der Waals surface area contributed by atoms with E-state index in [1.54, 1.807) is 0 Å². The molecule has 2 N–H and O–H groups in total. The van der Waals surface area contributed by atoms with Gasteiger partial charge in [0.1, 0.15) is 0 Å². The molecule has 0 heterocycles. The minimum Gasteiger partial charge on any atom is -0.478 e. The lowest BCUT2D eigenvalue weighted by molar-refractivity contribution is -0.136. The topological polar surface area (TPSA) is 77.8 Å². The number of anilines is 1. The van der Waals surface area contributed by atoms with E-state index in [2.05, 4.69) is 0 Å². The predicted octanol–water partition coefficient (Wildman–Crippen LogP) is 2.42. The molecule has 0 aliphatic carbocycles. The number of benzene rings is 1. The lowest BCUT2D eigenvalue weighted by Gasteiger charge is -2.19. The molecule has 0 aliphatic heterocycles. The molecule has 0 spiro atoms. The van der Waals surface area contributed by atoms with Gasteiger partial charge in [-0.25, -0.2) is 9.59 Å². The summed E-state index contributed by atoms with van der Waals surface area (Å²) in [5, 5.41) is 17.9. The number of hydrogen-bond acceptors (Lipinski definition) is 3. The molecule has 0 bridgehead atoms. The van der Waals surface area contributed by atoms with E-state index in [0.717, 1.165) is 5.69 Å². The molecule has 0 aromatic heterocycles. The average Bonchev–Trinajstić information content (AvgIpc) is 2.39. The third-order valence-corrected chi connectivity index (χ3v) is 2.93. The van der Waals surface area contributed by atoms with E-state index in [1.165, 1.54) is 6.92 Å². The molecule has 20 heavy (non-hydrogen) atoms. The third-order valence-electron chi connectivity index (χ3n) is 2.93. The van der Waals surface area contributed by atoms with Crippen LogP contribution >= 0.6 is 12.4 Å². The Bertz CT molecular complexity index is 499. The van der Waals surface area contributed by atoms with Crippen LogP contribution in [0.25, 0.3) is 0 Å². The Morgan fingerprint density at radius 3 is 2.10 bits per heavy atom. The summed E-state index contributed by atoms with van der Waals surface area (Å²) >= 11 is 0. The van der Waals surface area contributed by atoms with Crippen LogP contribution < -0.4 is 4.90 Å². The van der Waals surface area contributed by atoms with E-state index in [0.29, 0.717) is 6.54 Å². The van der Waals surface area contributed by atoms with Crippen LogP contribution in [0, 0.1) is 0 Å². The van der Waals surface area contributed by atoms with Crippen molar-refractivity contribution in [2.45, 2.75) is 13.3 Å². The first-order valence-corrected chi connectivity index (χ1v) is 5.86. The van der Waals surface area contributed by atoms with E-state index < -0.39 is 11.9 Å². The Balaban J connectivity index is 0.00000361. The van der Waals surface area contributed by atoms with E-state index in [9.17, 15) is 9.59 Å². The molecule has 110 valence electrons. The molecule has 0 aliphatic rings. The summed E-state index contributed by atoms with van der Waals surface area (Å²) in [7, 11) is 1.84. The molecule has 0 saturated carbocycles. The zero-order valence-corrected chi connectivity index (χ0v) is 12.2. The second-order valence-electron chi connectivity index (χ2n) is 4.22. The first-order valence-electron chi connectivity index (χ1n) is 5.86. The lowest BCUT2D eigenvalue weighted by atomic mass is 10.1. The number of carbonyl (C=O) groups is 2. The SMILES string of the molecule is C/C(C(=O)O)=C(/CCN(C)c1ccccc1)C(=O)O.Cl. The van der Waals surface area contributed by atoms with Gasteiger partial charge in [-0.05, 0) is 25.5 Å². The number of para-hydroxylation sites is 1. The maximum atomic E-state index is 11.1. The van der Waals surface area contributed by atoms with Crippen molar-refractivity contribution in [1.82, 2.24) is 0 Å². The molecule has 1 aromatic rings. The van der Waals surface area contributed by atoms with E-state index in [4.69, 9.17) is 10.2 Å². The second kappa shape index (κ2) is 8.22. The lowest BCUT2D eigenvalue weighted by Crippen LogP contribution is -2.21. The normalized spacial score (nSPS) is 11.1. The van der Waals surface area contributed by atoms with Crippen molar-refractivity contribution in [3.8, 4) is 0 Å². The highest BCUT2D eigenvalue weighted by Gasteiger charge is 2.16. The molecular formula is C14H18ClNO4. The maximum Gasteiger partial charge on any atom is 0.332 e. The number of aliphatic carboxylic acids is 2. The van der Waals surface area contributed by atoms with Crippen molar-refractivity contribution >= 4 is 30.0 Å². The Hall–Kier alpha value is -2.01. The molecule has 0 saturated heterocycles.